The number of rotatable bonds is 4. The third kappa shape index (κ3) is 3.64. The SMILES string of the molecule is Cc1cccc(Nc2ccccc2C=Cc2ccccc2)c1. The van der Waals surface area contributed by atoms with Gasteiger partial charge in [-0.25, -0.2) is 0 Å². The van der Waals surface area contributed by atoms with Gasteiger partial charge in [-0.15, -0.1) is 0 Å². The number of anilines is 2. The van der Waals surface area contributed by atoms with Gasteiger partial charge in [-0.1, -0.05) is 72.8 Å². The van der Waals surface area contributed by atoms with E-state index in [9.17, 15) is 0 Å². The molecule has 1 heteroatoms. The fraction of sp³-hybridized carbons (Fsp3) is 0.0476. The molecular formula is C21H19N. The lowest BCUT2D eigenvalue weighted by molar-refractivity contribution is 1.45. The molecule has 3 aromatic rings. The summed E-state index contributed by atoms with van der Waals surface area (Å²) in [6.45, 7) is 2.10. The van der Waals surface area contributed by atoms with Crippen LogP contribution < -0.4 is 5.32 Å². The van der Waals surface area contributed by atoms with Crippen molar-refractivity contribution >= 4 is 23.5 Å². The molecule has 0 spiro atoms. The molecule has 0 bridgehead atoms. The summed E-state index contributed by atoms with van der Waals surface area (Å²) in [5.74, 6) is 0. The maximum Gasteiger partial charge on any atom is 0.0457 e. The Morgan fingerprint density at radius 2 is 1.50 bits per heavy atom. The van der Waals surface area contributed by atoms with E-state index in [0.717, 1.165) is 11.4 Å². The summed E-state index contributed by atoms with van der Waals surface area (Å²) in [5.41, 5.74) is 5.85. The van der Waals surface area contributed by atoms with Crippen molar-refractivity contribution in [3.05, 3.63) is 95.6 Å². The van der Waals surface area contributed by atoms with Crippen LogP contribution in [-0.2, 0) is 0 Å². The van der Waals surface area contributed by atoms with Crippen LogP contribution in [0.4, 0.5) is 11.4 Å². The largest absolute Gasteiger partial charge is 0.355 e. The molecule has 0 radical (unpaired) electrons. The van der Waals surface area contributed by atoms with Crippen molar-refractivity contribution in [3.63, 3.8) is 0 Å². The Balaban J connectivity index is 1.85. The number of hydrogen-bond acceptors (Lipinski definition) is 1. The molecule has 0 saturated carbocycles. The highest BCUT2D eigenvalue weighted by Crippen LogP contribution is 2.23. The van der Waals surface area contributed by atoms with E-state index in [1.165, 1.54) is 16.7 Å². The Morgan fingerprint density at radius 1 is 0.727 bits per heavy atom. The molecule has 0 aliphatic heterocycles. The Labute approximate surface area is 132 Å². The van der Waals surface area contributed by atoms with Crippen LogP contribution in [0.2, 0.25) is 0 Å². The molecule has 0 amide bonds. The Bertz CT molecular complexity index is 773. The minimum absolute atomic E-state index is 1.11. The number of hydrogen-bond donors (Lipinski definition) is 1. The van der Waals surface area contributed by atoms with E-state index in [0.29, 0.717) is 0 Å². The van der Waals surface area contributed by atoms with Gasteiger partial charge < -0.3 is 5.32 Å². The standard InChI is InChI=1S/C21H19N/c1-17-8-7-12-20(16-17)22-21-13-6-5-11-19(21)15-14-18-9-3-2-4-10-18/h2-16,22H,1H3. The van der Waals surface area contributed by atoms with Crippen LogP contribution in [0.5, 0.6) is 0 Å². The molecule has 3 rings (SSSR count). The van der Waals surface area contributed by atoms with Crippen LogP contribution in [-0.4, -0.2) is 0 Å². The summed E-state index contributed by atoms with van der Waals surface area (Å²) in [7, 11) is 0. The fourth-order valence-electron chi connectivity index (χ4n) is 2.38. The molecule has 0 heterocycles. The summed E-state index contributed by atoms with van der Waals surface area (Å²) < 4.78 is 0. The molecule has 1 N–H and O–H groups in total. The number of aryl methyl sites for hydroxylation is 1. The third-order valence-electron chi connectivity index (χ3n) is 3.51. The lowest BCUT2D eigenvalue weighted by atomic mass is 10.1. The van der Waals surface area contributed by atoms with E-state index in [1.54, 1.807) is 0 Å². The first-order chi connectivity index (χ1) is 10.8. The van der Waals surface area contributed by atoms with Gasteiger partial charge in [-0.05, 0) is 41.8 Å². The molecular weight excluding hydrogens is 266 g/mol. The Morgan fingerprint density at radius 3 is 2.32 bits per heavy atom. The van der Waals surface area contributed by atoms with E-state index in [-0.39, 0.29) is 0 Å². The summed E-state index contributed by atoms with van der Waals surface area (Å²) in [5, 5.41) is 3.50. The van der Waals surface area contributed by atoms with Crippen LogP contribution in [0.3, 0.4) is 0 Å². The van der Waals surface area contributed by atoms with E-state index in [1.807, 2.05) is 6.07 Å². The van der Waals surface area contributed by atoms with Gasteiger partial charge in [0, 0.05) is 11.4 Å². The van der Waals surface area contributed by atoms with Gasteiger partial charge in [-0.2, -0.15) is 0 Å². The van der Waals surface area contributed by atoms with Crippen molar-refractivity contribution in [1.82, 2.24) is 0 Å². The molecule has 1 nitrogen and oxygen atoms in total. The van der Waals surface area contributed by atoms with E-state index in [2.05, 4.69) is 97.2 Å². The van der Waals surface area contributed by atoms with Gasteiger partial charge in [0.15, 0.2) is 0 Å². The first-order valence-electron chi connectivity index (χ1n) is 7.47. The fourth-order valence-corrected chi connectivity index (χ4v) is 2.38. The monoisotopic (exact) mass is 285 g/mol. The van der Waals surface area contributed by atoms with Crippen molar-refractivity contribution in [3.8, 4) is 0 Å². The van der Waals surface area contributed by atoms with Gasteiger partial charge >= 0.3 is 0 Å². The van der Waals surface area contributed by atoms with Crippen LogP contribution in [0.15, 0.2) is 78.9 Å². The normalized spacial score (nSPS) is 10.8. The summed E-state index contributed by atoms with van der Waals surface area (Å²) in [6.07, 6.45) is 4.28. The van der Waals surface area contributed by atoms with Gasteiger partial charge in [-0.3, -0.25) is 0 Å². The zero-order valence-corrected chi connectivity index (χ0v) is 12.7. The van der Waals surface area contributed by atoms with Gasteiger partial charge in [0.25, 0.3) is 0 Å². The van der Waals surface area contributed by atoms with E-state index >= 15 is 0 Å². The average Bonchev–Trinajstić information content (AvgIpc) is 2.55. The highest BCUT2D eigenvalue weighted by molar-refractivity contribution is 5.78. The second kappa shape index (κ2) is 6.77. The second-order valence-electron chi connectivity index (χ2n) is 5.33. The minimum Gasteiger partial charge on any atom is -0.355 e. The zero-order valence-electron chi connectivity index (χ0n) is 12.7. The van der Waals surface area contributed by atoms with Crippen LogP contribution in [0, 0.1) is 6.92 Å². The number of benzene rings is 3. The van der Waals surface area contributed by atoms with E-state index in [4.69, 9.17) is 0 Å². The first kappa shape index (κ1) is 14.2. The molecule has 0 aromatic heterocycles. The van der Waals surface area contributed by atoms with Crippen molar-refractivity contribution in [2.75, 3.05) is 5.32 Å². The van der Waals surface area contributed by atoms with Crippen LogP contribution in [0.1, 0.15) is 16.7 Å². The lowest BCUT2D eigenvalue weighted by Gasteiger charge is -2.10. The topological polar surface area (TPSA) is 12.0 Å². The highest BCUT2D eigenvalue weighted by Gasteiger charge is 1.99. The Kier molecular flexibility index (Phi) is 4.35. The van der Waals surface area contributed by atoms with Gasteiger partial charge in [0.05, 0.1) is 0 Å². The zero-order chi connectivity index (χ0) is 15.2. The molecule has 0 atom stereocenters. The molecule has 0 aliphatic carbocycles. The molecule has 0 unspecified atom stereocenters. The number of nitrogens with one attached hydrogen (secondary N) is 1. The maximum atomic E-state index is 3.50. The smallest absolute Gasteiger partial charge is 0.0457 e. The predicted octanol–water partition coefficient (Wildman–Crippen LogP) is 5.91. The first-order valence-corrected chi connectivity index (χ1v) is 7.47. The molecule has 108 valence electrons. The molecule has 0 saturated heterocycles. The predicted molar refractivity (Wildman–Crippen MR) is 96.3 cm³/mol. The summed E-state index contributed by atoms with van der Waals surface area (Å²) >= 11 is 0. The van der Waals surface area contributed by atoms with E-state index < -0.39 is 0 Å². The van der Waals surface area contributed by atoms with Crippen molar-refractivity contribution in [1.29, 1.82) is 0 Å². The van der Waals surface area contributed by atoms with Gasteiger partial charge in [0.1, 0.15) is 0 Å². The minimum atomic E-state index is 1.11. The molecule has 3 aromatic carbocycles. The van der Waals surface area contributed by atoms with Crippen molar-refractivity contribution < 1.29 is 0 Å². The summed E-state index contributed by atoms with van der Waals surface area (Å²) in [4.78, 5) is 0. The summed E-state index contributed by atoms with van der Waals surface area (Å²) in [6, 6.07) is 27.1. The van der Waals surface area contributed by atoms with Gasteiger partial charge in [0.2, 0.25) is 0 Å². The average molecular weight is 285 g/mol. The van der Waals surface area contributed by atoms with Crippen LogP contribution >= 0.6 is 0 Å². The Hall–Kier alpha value is -2.80. The quantitative estimate of drug-likeness (QED) is 0.588. The van der Waals surface area contributed by atoms with Crippen molar-refractivity contribution in [2.45, 2.75) is 6.92 Å². The lowest BCUT2D eigenvalue weighted by Crippen LogP contribution is -1.93. The molecule has 0 aliphatic rings. The molecule has 0 fully saturated rings. The highest BCUT2D eigenvalue weighted by atomic mass is 14.9. The third-order valence-corrected chi connectivity index (χ3v) is 3.51. The number of para-hydroxylation sites is 1. The molecule has 22 heavy (non-hydrogen) atoms. The maximum absolute atomic E-state index is 3.50. The van der Waals surface area contributed by atoms with Crippen molar-refractivity contribution in [2.24, 2.45) is 0 Å². The second-order valence-corrected chi connectivity index (χ2v) is 5.33. The van der Waals surface area contributed by atoms with Crippen LogP contribution in [0.25, 0.3) is 12.2 Å².